The molecule has 2 aromatic rings. The Morgan fingerprint density at radius 1 is 1.17 bits per heavy atom. The summed E-state index contributed by atoms with van der Waals surface area (Å²) < 4.78 is 27.7. The topological polar surface area (TPSA) is 96.6 Å². The number of halogens is 1. The minimum Gasteiger partial charge on any atom is -0.388 e. The summed E-state index contributed by atoms with van der Waals surface area (Å²) in [5, 5.41) is 11.5. The van der Waals surface area contributed by atoms with Gasteiger partial charge in [0.25, 0.3) is 0 Å². The standard InChI is InChI=1S/C13H17N.C7H10FN3O2S2/c1-14-13-11-6-2-4-9(11)8-10-5-3-7-12(10)13;1-10-3-5-2-6(8)7(14-5)15(9,13)11-4-12/h8,14H,2-7H2,1H3;2,4,10H,3H2,1H3,(H2,9,11,12,13). The Bertz CT molecular complexity index is 994. The van der Waals surface area contributed by atoms with Gasteiger partial charge in [-0.3, -0.25) is 4.79 Å². The van der Waals surface area contributed by atoms with E-state index in [0.717, 1.165) is 11.3 Å². The number of benzene rings is 1. The fourth-order valence-electron chi connectivity index (χ4n) is 4.09. The molecule has 4 rings (SSSR count). The lowest BCUT2D eigenvalue weighted by molar-refractivity contribution is -0.106. The van der Waals surface area contributed by atoms with Crippen molar-refractivity contribution >= 4 is 33.3 Å². The van der Waals surface area contributed by atoms with Gasteiger partial charge in [0.1, 0.15) is 0 Å². The van der Waals surface area contributed by atoms with Gasteiger partial charge in [0.2, 0.25) is 6.41 Å². The first kappa shape index (κ1) is 21.9. The molecule has 1 atom stereocenters. The molecule has 1 amide bonds. The molecule has 0 bridgehead atoms. The molecular formula is C20H27FN4O2S2. The first-order chi connectivity index (χ1) is 13.9. The molecule has 2 aliphatic rings. The van der Waals surface area contributed by atoms with Crippen molar-refractivity contribution in [3.05, 3.63) is 45.1 Å². The Morgan fingerprint density at radius 2 is 1.79 bits per heavy atom. The number of hydrogen-bond donors (Lipinski definition) is 3. The van der Waals surface area contributed by atoms with Gasteiger partial charge in [-0.25, -0.2) is 13.7 Å². The number of nitrogens with two attached hydrogens (primary N) is 1. The Balaban J connectivity index is 0.000000166. The molecule has 6 nitrogen and oxygen atoms in total. The molecular weight excluding hydrogens is 411 g/mol. The molecule has 0 saturated carbocycles. The van der Waals surface area contributed by atoms with Crippen LogP contribution in [0.25, 0.3) is 0 Å². The molecule has 4 N–H and O–H groups in total. The maximum atomic E-state index is 13.3. The van der Waals surface area contributed by atoms with Crippen LogP contribution in [0.4, 0.5) is 10.1 Å². The number of carbonyl (C=O) groups excluding carboxylic acids is 1. The van der Waals surface area contributed by atoms with E-state index in [-0.39, 0.29) is 10.6 Å². The second kappa shape index (κ2) is 9.34. The van der Waals surface area contributed by atoms with Crippen LogP contribution in [0, 0.1) is 5.82 Å². The number of thiophene rings is 1. The van der Waals surface area contributed by atoms with Gasteiger partial charge in [-0.2, -0.15) is 0 Å². The summed E-state index contributed by atoms with van der Waals surface area (Å²) in [6.07, 6.45) is 7.96. The number of anilines is 1. The summed E-state index contributed by atoms with van der Waals surface area (Å²) in [4.78, 5) is 10.7. The fraction of sp³-hybridized carbons (Fsp3) is 0.450. The molecule has 29 heavy (non-hydrogen) atoms. The van der Waals surface area contributed by atoms with Crippen molar-refractivity contribution in [2.75, 3.05) is 19.4 Å². The number of nitrogens with zero attached hydrogens (tertiary/aromatic N) is 1. The van der Waals surface area contributed by atoms with Gasteiger partial charge < -0.3 is 10.6 Å². The monoisotopic (exact) mass is 438 g/mol. The van der Waals surface area contributed by atoms with Crippen LogP contribution in [0.1, 0.15) is 40.0 Å². The van der Waals surface area contributed by atoms with Crippen molar-refractivity contribution in [2.45, 2.75) is 49.3 Å². The van der Waals surface area contributed by atoms with Gasteiger partial charge in [0, 0.05) is 24.2 Å². The maximum absolute atomic E-state index is 13.3. The Labute approximate surface area is 175 Å². The third-order valence-electron chi connectivity index (χ3n) is 5.25. The van der Waals surface area contributed by atoms with Gasteiger partial charge in [0.05, 0.1) is 0 Å². The number of carbonyl (C=O) groups is 1. The zero-order valence-electron chi connectivity index (χ0n) is 16.7. The zero-order chi connectivity index (χ0) is 21.0. The van der Waals surface area contributed by atoms with Crippen molar-refractivity contribution in [3.63, 3.8) is 0 Å². The summed E-state index contributed by atoms with van der Waals surface area (Å²) in [6, 6.07) is 3.70. The van der Waals surface area contributed by atoms with Crippen LogP contribution in [0.15, 0.2) is 20.7 Å². The molecule has 9 heteroatoms. The van der Waals surface area contributed by atoms with E-state index in [0.29, 0.717) is 11.4 Å². The quantitative estimate of drug-likeness (QED) is 0.625. The van der Waals surface area contributed by atoms with Crippen molar-refractivity contribution in [1.29, 1.82) is 0 Å². The highest BCUT2D eigenvalue weighted by molar-refractivity contribution is 7.93. The van der Waals surface area contributed by atoms with Gasteiger partial charge >= 0.3 is 0 Å². The van der Waals surface area contributed by atoms with Crippen LogP contribution in [0.2, 0.25) is 0 Å². The molecule has 158 valence electrons. The summed E-state index contributed by atoms with van der Waals surface area (Å²) >= 11 is 0.940. The predicted octanol–water partition coefficient (Wildman–Crippen LogP) is 3.17. The predicted molar refractivity (Wildman–Crippen MR) is 116 cm³/mol. The van der Waals surface area contributed by atoms with Crippen molar-refractivity contribution in [1.82, 2.24) is 5.32 Å². The average Bonchev–Trinajstić information content (AvgIpc) is 3.40. The first-order valence-corrected chi connectivity index (χ1v) is 12.1. The molecule has 0 radical (unpaired) electrons. The molecule has 1 unspecified atom stereocenters. The normalized spacial score (nSPS) is 16.3. The van der Waals surface area contributed by atoms with E-state index in [9.17, 15) is 13.4 Å². The van der Waals surface area contributed by atoms with Crippen molar-refractivity contribution in [2.24, 2.45) is 9.50 Å². The third kappa shape index (κ3) is 4.69. The van der Waals surface area contributed by atoms with Gasteiger partial charge in [-0.1, -0.05) is 6.07 Å². The van der Waals surface area contributed by atoms with Gasteiger partial charge in [0.15, 0.2) is 19.9 Å². The zero-order valence-corrected chi connectivity index (χ0v) is 18.4. The Morgan fingerprint density at radius 3 is 2.31 bits per heavy atom. The van der Waals surface area contributed by atoms with Crippen LogP contribution < -0.4 is 15.8 Å². The van der Waals surface area contributed by atoms with Crippen molar-refractivity contribution in [3.8, 4) is 0 Å². The second-order valence-corrected chi connectivity index (χ2v) is 10.3. The number of hydrogen-bond acceptors (Lipinski definition) is 5. The van der Waals surface area contributed by atoms with Gasteiger partial charge in [-0.15, -0.1) is 15.7 Å². The molecule has 1 aromatic heterocycles. The van der Waals surface area contributed by atoms with Gasteiger partial charge in [-0.05, 0) is 73.9 Å². The summed E-state index contributed by atoms with van der Waals surface area (Å²) in [6.45, 7) is 0.443. The van der Waals surface area contributed by atoms with Crippen LogP contribution in [-0.4, -0.2) is 24.7 Å². The highest BCUT2D eigenvalue weighted by atomic mass is 32.2. The first-order valence-electron chi connectivity index (χ1n) is 9.66. The lowest BCUT2D eigenvalue weighted by Gasteiger charge is -2.14. The van der Waals surface area contributed by atoms with E-state index in [2.05, 4.69) is 28.1 Å². The number of amides is 1. The lowest BCUT2D eigenvalue weighted by Crippen LogP contribution is -2.12. The largest absolute Gasteiger partial charge is 0.388 e. The van der Waals surface area contributed by atoms with E-state index in [1.165, 1.54) is 50.3 Å². The molecule has 1 aromatic carbocycles. The SMILES string of the molecule is CNCc1cc(F)c(S(N)(=O)=NC=O)s1.CNc1c2c(cc3c1CCC3)CCC2. The number of nitrogens with one attached hydrogen (secondary N) is 2. The summed E-state index contributed by atoms with van der Waals surface area (Å²) in [5.41, 5.74) is 7.96. The number of rotatable bonds is 5. The minimum atomic E-state index is -3.42. The van der Waals surface area contributed by atoms with Crippen LogP contribution in [-0.2, 0) is 46.9 Å². The average molecular weight is 439 g/mol. The second-order valence-electron chi connectivity index (χ2n) is 7.14. The van der Waals surface area contributed by atoms with E-state index in [1.54, 1.807) is 29.3 Å². The third-order valence-corrected chi connectivity index (χ3v) is 8.24. The highest BCUT2D eigenvalue weighted by Crippen LogP contribution is 2.38. The summed E-state index contributed by atoms with van der Waals surface area (Å²) in [7, 11) is 0.361. The van der Waals surface area contributed by atoms with Crippen LogP contribution >= 0.6 is 11.3 Å². The van der Waals surface area contributed by atoms with Crippen molar-refractivity contribution < 1.29 is 13.4 Å². The summed E-state index contributed by atoms with van der Waals surface area (Å²) in [5.74, 6) is -0.691. The van der Waals surface area contributed by atoms with E-state index < -0.39 is 15.7 Å². The molecule has 1 heterocycles. The van der Waals surface area contributed by atoms with E-state index >= 15 is 0 Å². The Hall–Kier alpha value is -1.81. The minimum absolute atomic E-state index is 0.0687. The molecule has 0 saturated heterocycles. The number of fused-ring (bicyclic) bond motifs is 2. The molecule has 0 spiro atoms. The Kier molecular flexibility index (Phi) is 7.05. The van der Waals surface area contributed by atoms with E-state index in [1.807, 2.05) is 0 Å². The maximum Gasteiger partial charge on any atom is 0.242 e. The van der Waals surface area contributed by atoms with E-state index in [4.69, 9.17) is 5.14 Å². The highest BCUT2D eigenvalue weighted by Gasteiger charge is 2.23. The smallest absolute Gasteiger partial charge is 0.242 e. The molecule has 0 fully saturated rings. The fourth-order valence-corrected chi connectivity index (χ4v) is 6.35. The molecule has 0 aliphatic heterocycles. The molecule has 2 aliphatic carbocycles. The lowest BCUT2D eigenvalue weighted by atomic mass is 9.99. The van der Waals surface area contributed by atoms with Crippen LogP contribution in [0.5, 0.6) is 0 Å². The number of aryl methyl sites for hydroxylation is 2. The van der Waals surface area contributed by atoms with Crippen LogP contribution in [0.3, 0.4) is 0 Å².